The highest BCUT2D eigenvalue weighted by molar-refractivity contribution is 9.10. The van der Waals surface area contributed by atoms with Gasteiger partial charge in [0.2, 0.25) is 5.75 Å². The summed E-state index contributed by atoms with van der Waals surface area (Å²) in [5, 5.41) is 6.41. The van der Waals surface area contributed by atoms with E-state index in [-0.39, 0.29) is 17.9 Å². The van der Waals surface area contributed by atoms with Crippen molar-refractivity contribution in [1.29, 1.82) is 0 Å². The van der Waals surface area contributed by atoms with Crippen molar-refractivity contribution < 1.29 is 33.3 Å². The van der Waals surface area contributed by atoms with Gasteiger partial charge in [-0.05, 0) is 42.5 Å². The predicted octanol–water partition coefficient (Wildman–Crippen LogP) is 3.57. The van der Waals surface area contributed by atoms with Gasteiger partial charge in [0.25, 0.3) is 11.8 Å². The molecule has 0 unspecified atom stereocenters. The minimum atomic E-state index is -0.574. The summed E-state index contributed by atoms with van der Waals surface area (Å²) in [4.78, 5) is 37.2. The summed E-state index contributed by atoms with van der Waals surface area (Å²) in [7, 11) is 4.32. The fraction of sp³-hybridized carbons (Fsp3) is 0.154. The second kappa shape index (κ2) is 13.1. The van der Waals surface area contributed by atoms with Crippen molar-refractivity contribution in [3.63, 3.8) is 0 Å². The molecule has 0 aromatic heterocycles. The molecule has 37 heavy (non-hydrogen) atoms. The fourth-order valence-electron chi connectivity index (χ4n) is 3.13. The molecular formula is C26H24BrN3O7. The maximum absolute atomic E-state index is 12.5. The van der Waals surface area contributed by atoms with Gasteiger partial charge in [-0.15, -0.1) is 0 Å². The van der Waals surface area contributed by atoms with Gasteiger partial charge in [0.05, 0.1) is 39.7 Å². The second-order valence-corrected chi connectivity index (χ2v) is 8.24. The monoisotopic (exact) mass is 569 g/mol. The number of esters is 1. The van der Waals surface area contributed by atoms with Crippen LogP contribution in [0.3, 0.4) is 0 Å². The molecule has 2 N–H and O–H groups in total. The Morgan fingerprint density at radius 3 is 2.16 bits per heavy atom. The Morgan fingerprint density at radius 1 is 0.865 bits per heavy atom. The minimum Gasteiger partial charge on any atom is -0.493 e. The van der Waals surface area contributed by atoms with Gasteiger partial charge in [-0.25, -0.2) is 10.2 Å². The Bertz CT molecular complexity index is 1290. The zero-order valence-electron chi connectivity index (χ0n) is 20.2. The molecular weight excluding hydrogens is 546 g/mol. The first-order valence-electron chi connectivity index (χ1n) is 10.8. The number of carbonyl (C=O) groups is 3. The number of halogens is 1. The molecule has 0 aliphatic heterocycles. The van der Waals surface area contributed by atoms with Gasteiger partial charge in [0.15, 0.2) is 11.5 Å². The minimum absolute atomic E-state index is 0.213. The smallest absolute Gasteiger partial charge is 0.343 e. The topological polar surface area (TPSA) is 125 Å². The van der Waals surface area contributed by atoms with Crippen LogP contribution in [0.2, 0.25) is 0 Å². The van der Waals surface area contributed by atoms with Crippen molar-refractivity contribution in [2.24, 2.45) is 5.10 Å². The molecule has 0 atom stereocenters. The Morgan fingerprint density at radius 2 is 1.54 bits per heavy atom. The van der Waals surface area contributed by atoms with Crippen molar-refractivity contribution in [3.05, 3.63) is 81.8 Å². The standard InChI is InChI=1S/C26H24BrN3O7/c1-34-21-12-17(13-22(35-2)24(21)36-3)25(32)28-15-23(31)30-29-14-18-11-19(27)9-10-20(18)37-26(33)16-7-5-4-6-8-16/h4-14H,15H2,1-3H3,(H,28,32)(H,30,31). The van der Waals surface area contributed by atoms with Crippen LogP contribution in [-0.4, -0.2) is 51.9 Å². The zero-order chi connectivity index (χ0) is 26.8. The molecule has 0 bridgehead atoms. The summed E-state index contributed by atoms with van der Waals surface area (Å²) in [5.74, 6) is -0.426. The number of amides is 2. The largest absolute Gasteiger partial charge is 0.493 e. The van der Waals surface area contributed by atoms with Crippen molar-refractivity contribution in [2.45, 2.75) is 0 Å². The third-order valence-corrected chi connectivity index (χ3v) is 5.41. The highest BCUT2D eigenvalue weighted by Gasteiger charge is 2.17. The first-order valence-corrected chi connectivity index (χ1v) is 11.6. The number of carbonyl (C=O) groups excluding carboxylic acids is 3. The van der Waals surface area contributed by atoms with Gasteiger partial charge in [0, 0.05) is 15.6 Å². The Labute approximate surface area is 221 Å². The van der Waals surface area contributed by atoms with Crippen molar-refractivity contribution in [1.82, 2.24) is 10.7 Å². The van der Waals surface area contributed by atoms with E-state index in [1.54, 1.807) is 48.5 Å². The lowest BCUT2D eigenvalue weighted by molar-refractivity contribution is -0.120. The third kappa shape index (κ3) is 7.31. The number of rotatable bonds is 10. The zero-order valence-corrected chi connectivity index (χ0v) is 21.8. The highest BCUT2D eigenvalue weighted by atomic mass is 79.9. The molecule has 192 valence electrons. The van der Waals surface area contributed by atoms with Crippen LogP contribution < -0.4 is 29.7 Å². The van der Waals surface area contributed by atoms with E-state index >= 15 is 0 Å². The number of hydrogen-bond donors (Lipinski definition) is 2. The van der Waals surface area contributed by atoms with E-state index in [4.69, 9.17) is 18.9 Å². The molecule has 0 fully saturated rings. The molecule has 2 amide bonds. The number of hydrogen-bond acceptors (Lipinski definition) is 8. The van der Waals surface area contributed by atoms with E-state index in [2.05, 4.69) is 31.8 Å². The SMILES string of the molecule is COc1cc(C(=O)NCC(=O)NN=Cc2cc(Br)ccc2OC(=O)c2ccccc2)cc(OC)c1OC. The van der Waals surface area contributed by atoms with E-state index in [0.29, 0.717) is 28.4 Å². The first kappa shape index (κ1) is 27.2. The summed E-state index contributed by atoms with van der Waals surface area (Å²) in [6.45, 7) is -0.346. The molecule has 11 heteroatoms. The Kier molecular flexibility index (Phi) is 9.61. The Balaban J connectivity index is 1.61. The van der Waals surface area contributed by atoms with Crippen LogP contribution in [0.4, 0.5) is 0 Å². The molecule has 0 aliphatic rings. The second-order valence-electron chi connectivity index (χ2n) is 7.33. The van der Waals surface area contributed by atoms with Crippen LogP contribution in [0.15, 0.2) is 70.2 Å². The van der Waals surface area contributed by atoms with Crippen LogP contribution in [0.25, 0.3) is 0 Å². The van der Waals surface area contributed by atoms with Gasteiger partial charge >= 0.3 is 5.97 Å². The lowest BCUT2D eigenvalue weighted by atomic mass is 10.1. The van der Waals surface area contributed by atoms with E-state index in [1.165, 1.54) is 39.7 Å². The van der Waals surface area contributed by atoms with Crippen LogP contribution in [0, 0.1) is 0 Å². The van der Waals surface area contributed by atoms with Crippen LogP contribution in [0.1, 0.15) is 26.3 Å². The molecule has 0 heterocycles. The quantitative estimate of drug-likeness (QED) is 0.165. The number of hydrazone groups is 1. The van der Waals surface area contributed by atoms with E-state index in [1.807, 2.05) is 0 Å². The van der Waals surface area contributed by atoms with Gasteiger partial charge in [-0.2, -0.15) is 5.10 Å². The number of benzene rings is 3. The maximum Gasteiger partial charge on any atom is 0.343 e. The molecule has 3 aromatic carbocycles. The van der Waals surface area contributed by atoms with Gasteiger partial charge in [0.1, 0.15) is 5.75 Å². The molecule has 0 aliphatic carbocycles. The molecule has 3 rings (SSSR count). The predicted molar refractivity (Wildman–Crippen MR) is 140 cm³/mol. The average Bonchev–Trinajstić information content (AvgIpc) is 2.92. The van der Waals surface area contributed by atoms with Crippen molar-refractivity contribution >= 4 is 39.9 Å². The van der Waals surface area contributed by atoms with Gasteiger partial charge in [-0.3, -0.25) is 9.59 Å². The molecule has 0 saturated carbocycles. The van der Waals surface area contributed by atoms with Gasteiger partial charge in [-0.1, -0.05) is 34.1 Å². The number of methoxy groups -OCH3 is 3. The van der Waals surface area contributed by atoms with Crippen molar-refractivity contribution in [2.75, 3.05) is 27.9 Å². The maximum atomic E-state index is 12.5. The normalized spacial score (nSPS) is 10.5. The summed E-state index contributed by atoms with van der Waals surface area (Å²) < 4.78 is 21.9. The van der Waals surface area contributed by atoms with Crippen LogP contribution in [-0.2, 0) is 4.79 Å². The first-order chi connectivity index (χ1) is 17.9. The lowest BCUT2D eigenvalue weighted by Gasteiger charge is -2.14. The summed E-state index contributed by atoms with van der Waals surface area (Å²) in [5.41, 5.74) is 3.37. The lowest BCUT2D eigenvalue weighted by Crippen LogP contribution is -2.35. The molecule has 0 radical (unpaired) electrons. The van der Waals surface area contributed by atoms with Gasteiger partial charge < -0.3 is 24.3 Å². The van der Waals surface area contributed by atoms with E-state index < -0.39 is 17.8 Å². The average molecular weight is 570 g/mol. The molecule has 0 saturated heterocycles. The van der Waals surface area contributed by atoms with Crippen LogP contribution >= 0.6 is 15.9 Å². The van der Waals surface area contributed by atoms with Crippen LogP contribution in [0.5, 0.6) is 23.0 Å². The van der Waals surface area contributed by atoms with E-state index in [0.717, 1.165) is 4.47 Å². The Hall–Kier alpha value is -4.38. The fourth-order valence-corrected chi connectivity index (χ4v) is 3.51. The highest BCUT2D eigenvalue weighted by Crippen LogP contribution is 2.38. The number of ether oxygens (including phenoxy) is 4. The molecule has 0 spiro atoms. The molecule has 3 aromatic rings. The number of nitrogens with zero attached hydrogens (tertiary/aromatic N) is 1. The third-order valence-electron chi connectivity index (χ3n) is 4.91. The summed E-state index contributed by atoms with van der Waals surface area (Å²) in [6.07, 6.45) is 1.33. The molecule has 10 nitrogen and oxygen atoms in total. The number of nitrogens with one attached hydrogen (secondary N) is 2. The summed E-state index contributed by atoms with van der Waals surface area (Å²) >= 11 is 3.36. The summed E-state index contributed by atoms with van der Waals surface area (Å²) in [6, 6.07) is 16.5. The van der Waals surface area contributed by atoms with Crippen molar-refractivity contribution in [3.8, 4) is 23.0 Å². The van der Waals surface area contributed by atoms with E-state index in [9.17, 15) is 14.4 Å².